The number of phenols is 4. The molecule has 1 aliphatic heterocycles. The molecule has 1 fully saturated rings. The van der Waals surface area contributed by atoms with E-state index in [0.717, 1.165) is 12.1 Å². The second kappa shape index (κ2) is 10.9. The highest BCUT2D eigenvalue weighted by Crippen LogP contribution is 2.32. The summed E-state index contributed by atoms with van der Waals surface area (Å²) >= 11 is 0. The Balaban J connectivity index is 1.86. The first-order valence-corrected chi connectivity index (χ1v) is 10.3. The number of phenolic OH excluding ortho intramolecular Hbond substituents is 4. The molecule has 7 atom stereocenters. The first-order chi connectivity index (χ1) is 16.1. The maximum Gasteiger partial charge on any atom is 0.187 e. The van der Waals surface area contributed by atoms with Crippen molar-refractivity contribution >= 4 is 0 Å². The van der Waals surface area contributed by atoms with Crippen molar-refractivity contribution in [3.05, 3.63) is 47.5 Å². The van der Waals surface area contributed by atoms with Crippen molar-refractivity contribution in [2.24, 2.45) is 0 Å². The zero-order chi connectivity index (χ0) is 25.0. The lowest BCUT2D eigenvalue weighted by Crippen LogP contribution is -2.59. The highest BCUT2D eigenvalue weighted by atomic mass is 16.7. The standard InChI is InChI=1S/C23H26O11/c24-10-18-20(30)21(31)22(32)23(34-18)33-17(19(29)12-5-7-14(26)16(28)9-12)3-1-2-11-4-6-13(25)15(27)8-11/h4-9,17-32H,3,10H2/t17-,18-,19-,20+,21+,22-,23-/m1/s1. The van der Waals surface area contributed by atoms with Gasteiger partial charge in [0.1, 0.15) is 36.6 Å². The van der Waals surface area contributed by atoms with Crippen molar-refractivity contribution in [1.82, 2.24) is 0 Å². The van der Waals surface area contributed by atoms with Crippen LogP contribution in [0.2, 0.25) is 0 Å². The third-order valence-electron chi connectivity index (χ3n) is 5.36. The van der Waals surface area contributed by atoms with E-state index in [1.165, 1.54) is 24.3 Å². The number of benzene rings is 2. The summed E-state index contributed by atoms with van der Waals surface area (Å²) in [6.07, 6.45) is -10.7. The van der Waals surface area contributed by atoms with Gasteiger partial charge in [-0.2, -0.15) is 0 Å². The third-order valence-corrected chi connectivity index (χ3v) is 5.36. The third kappa shape index (κ3) is 5.69. The van der Waals surface area contributed by atoms with Crippen LogP contribution >= 0.6 is 0 Å². The average molecular weight is 478 g/mol. The quantitative estimate of drug-likeness (QED) is 0.185. The molecule has 9 N–H and O–H groups in total. The Morgan fingerprint density at radius 2 is 1.50 bits per heavy atom. The molecular formula is C23H26O11. The highest BCUT2D eigenvalue weighted by Gasteiger charge is 2.45. The van der Waals surface area contributed by atoms with Gasteiger partial charge in [0.05, 0.1) is 6.61 Å². The van der Waals surface area contributed by atoms with Crippen LogP contribution in [0.4, 0.5) is 0 Å². The zero-order valence-corrected chi connectivity index (χ0v) is 17.8. The maximum atomic E-state index is 10.9. The van der Waals surface area contributed by atoms with Gasteiger partial charge in [0.15, 0.2) is 29.3 Å². The van der Waals surface area contributed by atoms with Crippen molar-refractivity contribution in [2.75, 3.05) is 6.61 Å². The number of aliphatic hydroxyl groups is 5. The molecule has 3 rings (SSSR count). The second-order valence-electron chi connectivity index (χ2n) is 7.77. The van der Waals surface area contributed by atoms with Crippen LogP contribution in [0.3, 0.4) is 0 Å². The largest absolute Gasteiger partial charge is 0.504 e. The predicted molar refractivity (Wildman–Crippen MR) is 115 cm³/mol. The normalized spacial score (nSPS) is 26.3. The molecule has 0 amide bonds. The zero-order valence-electron chi connectivity index (χ0n) is 17.8. The first-order valence-electron chi connectivity index (χ1n) is 10.3. The Labute approximate surface area is 194 Å². The van der Waals surface area contributed by atoms with E-state index in [2.05, 4.69) is 11.8 Å². The Hall–Kier alpha value is -3.08. The van der Waals surface area contributed by atoms with Gasteiger partial charge in [0, 0.05) is 12.0 Å². The number of hydrogen-bond donors (Lipinski definition) is 9. The fourth-order valence-corrected chi connectivity index (χ4v) is 3.38. The summed E-state index contributed by atoms with van der Waals surface area (Å²) in [5.41, 5.74) is 0.479. The van der Waals surface area contributed by atoms with E-state index in [1.807, 2.05) is 0 Å². The lowest BCUT2D eigenvalue weighted by Gasteiger charge is -2.41. The van der Waals surface area contributed by atoms with Gasteiger partial charge in [-0.15, -0.1) is 0 Å². The SMILES string of the molecule is OC[C@H]1O[C@@H](O[C@H](CC#Cc2ccc(O)c(O)c2)[C@H](O)c2ccc(O)c(O)c2)[C@H](O)[C@@H](O)[C@H]1O. The molecule has 34 heavy (non-hydrogen) atoms. The van der Waals surface area contributed by atoms with Crippen LogP contribution in [0.15, 0.2) is 36.4 Å². The molecular weight excluding hydrogens is 452 g/mol. The summed E-state index contributed by atoms with van der Waals surface area (Å²) < 4.78 is 11.0. The second-order valence-corrected chi connectivity index (χ2v) is 7.77. The van der Waals surface area contributed by atoms with Crippen LogP contribution in [0, 0.1) is 11.8 Å². The van der Waals surface area contributed by atoms with Crippen LogP contribution in [0.25, 0.3) is 0 Å². The van der Waals surface area contributed by atoms with Crippen LogP contribution in [0.1, 0.15) is 23.7 Å². The fourth-order valence-electron chi connectivity index (χ4n) is 3.38. The van der Waals surface area contributed by atoms with Crippen molar-refractivity contribution in [3.8, 4) is 34.8 Å². The summed E-state index contributed by atoms with van der Waals surface area (Å²) in [5.74, 6) is 3.86. The van der Waals surface area contributed by atoms with E-state index in [1.54, 1.807) is 0 Å². The molecule has 0 aliphatic carbocycles. The van der Waals surface area contributed by atoms with Crippen LogP contribution in [-0.2, 0) is 9.47 Å². The predicted octanol–water partition coefficient (Wildman–Crippen LogP) is -0.831. The highest BCUT2D eigenvalue weighted by molar-refractivity contribution is 5.46. The number of aliphatic hydroxyl groups excluding tert-OH is 5. The van der Waals surface area contributed by atoms with E-state index >= 15 is 0 Å². The van der Waals surface area contributed by atoms with Gasteiger partial charge in [0.25, 0.3) is 0 Å². The minimum absolute atomic E-state index is 0.133. The van der Waals surface area contributed by atoms with Gasteiger partial charge in [-0.05, 0) is 35.9 Å². The van der Waals surface area contributed by atoms with E-state index in [4.69, 9.17) is 9.47 Å². The van der Waals surface area contributed by atoms with Crippen molar-refractivity contribution in [3.63, 3.8) is 0 Å². The molecule has 2 aromatic carbocycles. The van der Waals surface area contributed by atoms with E-state index in [0.29, 0.717) is 5.56 Å². The van der Waals surface area contributed by atoms with Crippen LogP contribution in [0.5, 0.6) is 23.0 Å². The molecule has 1 heterocycles. The monoisotopic (exact) mass is 478 g/mol. The lowest BCUT2D eigenvalue weighted by molar-refractivity contribution is -0.316. The first kappa shape index (κ1) is 25.5. The number of hydrogen-bond acceptors (Lipinski definition) is 11. The maximum absolute atomic E-state index is 10.9. The molecule has 11 nitrogen and oxygen atoms in total. The van der Waals surface area contributed by atoms with E-state index in [9.17, 15) is 46.0 Å². The van der Waals surface area contributed by atoms with Crippen molar-refractivity contribution in [2.45, 2.75) is 49.3 Å². The Morgan fingerprint density at radius 1 is 0.853 bits per heavy atom. The lowest BCUT2D eigenvalue weighted by atomic mass is 9.98. The van der Waals surface area contributed by atoms with Gasteiger partial charge in [-0.25, -0.2) is 0 Å². The average Bonchev–Trinajstić information content (AvgIpc) is 2.82. The molecule has 1 saturated heterocycles. The molecule has 1 aliphatic rings. The molecule has 184 valence electrons. The molecule has 2 aromatic rings. The van der Waals surface area contributed by atoms with E-state index < -0.39 is 61.0 Å². The Morgan fingerprint density at radius 3 is 2.12 bits per heavy atom. The Bertz CT molecular complexity index is 1040. The number of rotatable bonds is 6. The topological polar surface area (TPSA) is 201 Å². The summed E-state index contributed by atoms with van der Waals surface area (Å²) in [4.78, 5) is 0. The van der Waals surface area contributed by atoms with Gasteiger partial charge >= 0.3 is 0 Å². The van der Waals surface area contributed by atoms with Crippen molar-refractivity contribution < 1.29 is 55.4 Å². The molecule has 0 bridgehead atoms. The van der Waals surface area contributed by atoms with Crippen molar-refractivity contribution in [1.29, 1.82) is 0 Å². The summed E-state index contributed by atoms with van der Waals surface area (Å²) in [7, 11) is 0. The van der Waals surface area contributed by atoms with Gasteiger partial charge in [0.2, 0.25) is 0 Å². The molecule has 0 unspecified atom stereocenters. The minimum atomic E-state index is -1.72. The van der Waals surface area contributed by atoms with Crippen LogP contribution < -0.4 is 0 Å². The van der Waals surface area contributed by atoms with Gasteiger partial charge in [-0.3, -0.25) is 0 Å². The summed E-state index contributed by atoms with van der Waals surface area (Å²) in [6, 6.07) is 7.51. The molecule has 0 spiro atoms. The number of aromatic hydroxyl groups is 4. The fraction of sp³-hybridized carbons (Fsp3) is 0.391. The molecule has 11 heteroatoms. The summed E-state index contributed by atoms with van der Waals surface area (Å²) in [6.45, 7) is -0.673. The molecule has 0 aromatic heterocycles. The molecule has 0 saturated carbocycles. The smallest absolute Gasteiger partial charge is 0.187 e. The minimum Gasteiger partial charge on any atom is -0.504 e. The Kier molecular flexibility index (Phi) is 8.19. The number of ether oxygens (including phenoxy) is 2. The van der Waals surface area contributed by atoms with Crippen LogP contribution in [-0.4, -0.2) is 89.4 Å². The van der Waals surface area contributed by atoms with Gasteiger partial charge in [-0.1, -0.05) is 17.9 Å². The molecule has 0 radical (unpaired) electrons. The van der Waals surface area contributed by atoms with E-state index in [-0.39, 0.29) is 23.5 Å². The van der Waals surface area contributed by atoms with Gasteiger partial charge < -0.3 is 55.4 Å². The summed E-state index contributed by atoms with van der Waals surface area (Å²) in [5, 5.41) is 88.8.